The molecule has 1 aromatic rings. The third kappa shape index (κ3) is 2.42. The van der Waals surface area contributed by atoms with Crippen LogP contribution in [0.4, 0.5) is 4.39 Å². The number of hydrogen-bond acceptors (Lipinski definition) is 3. The maximum Gasteiger partial charge on any atom is 0.391 e. The molecule has 0 atom stereocenters. The predicted octanol–water partition coefficient (Wildman–Crippen LogP) is 1.42. The first-order valence-corrected chi connectivity index (χ1v) is 3.97. The van der Waals surface area contributed by atoms with Gasteiger partial charge >= 0.3 is 8.60 Å². The quantitative estimate of drug-likeness (QED) is 0.670. The number of benzene rings is 1. The van der Waals surface area contributed by atoms with Gasteiger partial charge in [-0.25, -0.2) is 4.39 Å². The maximum absolute atomic E-state index is 12.6. The average Bonchev–Trinajstić information content (AvgIpc) is 1.93. The second-order valence-electron chi connectivity index (χ2n) is 1.77. The van der Waals surface area contributed by atoms with Crippen molar-refractivity contribution in [3.63, 3.8) is 0 Å². The lowest BCUT2D eigenvalue weighted by Crippen LogP contribution is -1.87. The molecule has 1 rings (SSSR count). The predicted molar refractivity (Wildman–Crippen MR) is 38.4 cm³/mol. The molecule has 0 unspecified atom stereocenters. The molecule has 0 saturated heterocycles. The highest BCUT2D eigenvalue weighted by molar-refractivity contribution is 7.39. The molecule has 11 heavy (non-hydrogen) atoms. The van der Waals surface area contributed by atoms with Gasteiger partial charge in [-0.05, 0) is 12.1 Å². The average molecular weight is 176 g/mol. The molecule has 0 amide bonds. The van der Waals surface area contributed by atoms with E-state index in [1.54, 1.807) is 0 Å². The zero-order chi connectivity index (χ0) is 8.27. The topological polar surface area (TPSA) is 49.7 Å². The Labute approximate surface area is 64.1 Å². The normalized spacial score (nSPS) is 10.2. The summed E-state index contributed by atoms with van der Waals surface area (Å²) in [6, 6.07) is 5.52. The molecule has 0 heterocycles. The van der Waals surface area contributed by atoms with E-state index >= 15 is 0 Å². The van der Waals surface area contributed by atoms with Crippen molar-refractivity contribution in [3.8, 4) is 5.75 Å². The van der Waals surface area contributed by atoms with E-state index in [0.717, 1.165) is 0 Å². The number of halogens is 1. The Morgan fingerprint density at radius 3 is 2.45 bits per heavy atom. The molecule has 0 radical (unpaired) electrons. The fourth-order valence-corrected chi connectivity index (χ4v) is 0.931. The standard InChI is InChI=1S/C6H6FO3P/c7-5-3-1-2-4-6(5)10-11(8)9/h1-4,8-9H. The van der Waals surface area contributed by atoms with E-state index in [4.69, 9.17) is 9.79 Å². The Morgan fingerprint density at radius 2 is 1.91 bits per heavy atom. The van der Waals surface area contributed by atoms with E-state index in [0.29, 0.717) is 0 Å². The molecule has 0 aliphatic heterocycles. The van der Waals surface area contributed by atoms with Crippen molar-refractivity contribution in [2.24, 2.45) is 0 Å². The Hall–Kier alpha value is -0.700. The van der Waals surface area contributed by atoms with Crippen LogP contribution in [0.25, 0.3) is 0 Å². The largest absolute Gasteiger partial charge is 0.424 e. The third-order valence-corrected chi connectivity index (χ3v) is 1.38. The minimum atomic E-state index is -2.53. The smallest absolute Gasteiger partial charge is 0.391 e. The monoisotopic (exact) mass is 176 g/mol. The van der Waals surface area contributed by atoms with Gasteiger partial charge in [0.05, 0.1) is 0 Å². The van der Waals surface area contributed by atoms with Gasteiger partial charge in [-0.15, -0.1) is 0 Å². The van der Waals surface area contributed by atoms with Crippen LogP contribution < -0.4 is 4.52 Å². The van der Waals surface area contributed by atoms with Crippen LogP contribution in [0.15, 0.2) is 24.3 Å². The Kier molecular flexibility index (Phi) is 2.76. The van der Waals surface area contributed by atoms with Crippen molar-refractivity contribution >= 4 is 8.60 Å². The second kappa shape index (κ2) is 3.62. The SMILES string of the molecule is OP(O)Oc1ccccc1F. The summed E-state index contributed by atoms with van der Waals surface area (Å²) < 4.78 is 17.0. The van der Waals surface area contributed by atoms with Crippen LogP contribution >= 0.6 is 8.60 Å². The highest BCUT2D eigenvalue weighted by Gasteiger charge is 2.06. The van der Waals surface area contributed by atoms with Gasteiger partial charge in [0.15, 0.2) is 11.6 Å². The summed E-state index contributed by atoms with van der Waals surface area (Å²) in [5, 5.41) is 0. The zero-order valence-electron chi connectivity index (χ0n) is 5.44. The molecule has 0 aliphatic carbocycles. The fourth-order valence-electron chi connectivity index (χ4n) is 0.607. The van der Waals surface area contributed by atoms with Crippen LogP contribution in [0.1, 0.15) is 0 Å². The summed E-state index contributed by atoms with van der Waals surface area (Å²) in [5.41, 5.74) is 0. The first-order chi connectivity index (χ1) is 5.20. The van der Waals surface area contributed by atoms with Crippen LogP contribution in [-0.2, 0) is 0 Å². The van der Waals surface area contributed by atoms with Gasteiger partial charge in [0.25, 0.3) is 0 Å². The summed E-state index contributed by atoms with van der Waals surface area (Å²) in [5.74, 6) is -0.758. The van der Waals surface area contributed by atoms with Crippen molar-refractivity contribution < 1.29 is 18.7 Å². The Bertz CT molecular complexity index is 241. The molecule has 0 spiro atoms. The second-order valence-corrected chi connectivity index (χ2v) is 2.46. The first-order valence-electron chi connectivity index (χ1n) is 2.80. The zero-order valence-corrected chi connectivity index (χ0v) is 6.33. The molecule has 0 aromatic heterocycles. The van der Waals surface area contributed by atoms with Crippen molar-refractivity contribution in [2.75, 3.05) is 0 Å². The molecular weight excluding hydrogens is 170 g/mol. The number of para-hydroxylation sites is 1. The van der Waals surface area contributed by atoms with Crippen molar-refractivity contribution in [1.82, 2.24) is 0 Å². The van der Waals surface area contributed by atoms with E-state index in [1.165, 1.54) is 24.3 Å². The van der Waals surface area contributed by atoms with Crippen molar-refractivity contribution in [2.45, 2.75) is 0 Å². The Morgan fingerprint density at radius 1 is 1.27 bits per heavy atom. The van der Waals surface area contributed by atoms with Gasteiger partial charge in [-0.1, -0.05) is 12.1 Å². The number of rotatable bonds is 2. The molecule has 0 saturated carbocycles. The van der Waals surface area contributed by atoms with E-state index in [-0.39, 0.29) is 5.75 Å². The lowest BCUT2D eigenvalue weighted by molar-refractivity contribution is 0.365. The van der Waals surface area contributed by atoms with Gasteiger partial charge in [0.2, 0.25) is 0 Å². The van der Waals surface area contributed by atoms with Crippen LogP contribution in [0.3, 0.4) is 0 Å². The summed E-state index contributed by atoms with van der Waals surface area (Å²) in [6.07, 6.45) is 0. The minimum absolute atomic E-state index is 0.149. The fraction of sp³-hybridized carbons (Fsp3) is 0. The first kappa shape index (κ1) is 8.40. The highest BCUT2D eigenvalue weighted by atomic mass is 31.2. The lowest BCUT2D eigenvalue weighted by Gasteiger charge is -2.04. The molecule has 60 valence electrons. The van der Waals surface area contributed by atoms with E-state index in [9.17, 15) is 4.39 Å². The van der Waals surface area contributed by atoms with E-state index in [1.807, 2.05) is 0 Å². The minimum Gasteiger partial charge on any atom is -0.424 e. The molecule has 0 aliphatic rings. The van der Waals surface area contributed by atoms with Crippen molar-refractivity contribution in [3.05, 3.63) is 30.1 Å². The summed E-state index contributed by atoms with van der Waals surface area (Å²) in [6.45, 7) is 0. The highest BCUT2D eigenvalue weighted by Crippen LogP contribution is 2.30. The molecule has 5 heteroatoms. The van der Waals surface area contributed by atoms with Crippen LogP contribution in [0.2, 0.25) is 0 Å². The molecule has 2 N–H and O–H groups in total. The van der Waals surface area contributed by atoms with Gasteiger partial charge in [-0.2, -0.15) is 0 Å². The van der Waals surface area contributed by atoms with Gasteiger partial charge < -0.3 is 14.3 Å². The summed E-state index contributed by atoms with van der Waals surface area (Å²) in [7, 11) is -2.53. The van der Waals surface area contributed by atoms with Crippen LogP contribution in [-0.4, -0.2) is 9.79 Å². The van der Waals surface area contributed by atoms with E-state index < -0.39 is 14.4 Å². The summed E-state index contributed by atoms with van der Waals surface area (Å²) >= 11 is 0. The Balaban J connectivity index is 2.78. The molecule has 0 bridgehead atoms. The summed E-state index contributed by atoms with van der Waals surface area (Å²) in [4.78, 5) is 16.7. The number of hydrogen-bond donors (Lipinski definition) is 2. The molecule has 0 fully saturated rings. The maximum atomic E-state index is 12.6. The van der Waals surface area contributed by atoms with Crippen LogP contribution in [0.5, 0.6) is 5.75 Å². The van der Waals surface area contributed by atoms with Crippen molar-refractivity contribution in [1.29, 1.82) is 0 Å². The van der Waals surface area contributed by atoms with E-state index in [2.05, 4.69) is 4.52 Å². The molecule has 1 aromatic carbocycles. The van der Waals surface area contributed by atoms with Gasteiger partial charge in [0, 0.05) is 0 Å². The molecular formula is C6H6FO3P. The lowest BCUT2D eigenvalue weighted by atomic mass is 10.3. The van der Waals surface area contributed by atoms with Gasteiger partial charge in [0.1, 0.15) is 0 Å². The third-order valence-electron chi connectivity index (χ3n) is 1.02. The van der Waals surface area contributed by atoms with Gasteiger partial charge in [-0.3, -0.25) is 0 Å². The molecule has 3 nitrogen and oxygen atoms in total. The van der Waals surface area contributed by atoms with Crippen LogP contribution in [0, 0.1) is 5.82 Å².